The first-order chi connectivity index (χ1) is 12.7. The van der Waals surface area contributed by atoms with E-state index in [2.05, 4.69) is 5.32 Å². The zero-order valence-electron chi connectivity index (χ0n) is 14.9. The fourth-order valence-electron chi connectivity index (χ4n) is 3.19. The molecular weight excluding hydrogens is 370 g/mol. The summed E-state index contributed by atoms with van der Waals surface area (Å²) in [4.78, 5) is 11.4. The number of aliphatic hydroxyl groups is 5. The first-order valence-electron chi connectivity index (χ1n) is 8.43. The van der Waals surface area contributed by atoms with E-state index in [0.717, 1.165) is 0 Å². The van der Waals surface area contributed by atoms with Gasteiger partial charge >= 0.3 is 0 Å². The molecule has 27 heavy (non-hydrogen) atoms. The zero-order valence-corrected chi connectivity index (χ0v) is 14.9. The Labute approximate surface area is 155 Å². The van der Waals surface area contributed by atoms with E-state index in [0.29, 0.717) is 0 Å². The molecule has 0 unspecified atom stereocenters. The zero-order chi connectivity index (χ0) is 20.3. The molecule has 2 rings (SSSR count). The number of hydrogen-bond donors (Lipinski definition) is 6. The molecular formula is C15H26NO11-. The summed E-state index contributed by atoms with van der Waals surface area (Å²) >= 11 is 0. The smallest absolute Gasteiger partial charge is 0.217 e. The average Bonchev–Trinajstić information content (AvgIpc) is 2.63. The molecule has 6 N–H and O–H groups in total. The minimum absolute atomic E-state index is 0.559. The van der Waals surface area contributed by atoms with Crippen molar-refractivity contribution in [2.24, 2.45) is 0 Å². The second-order valence-electron chi connectivity index (χ2n) is 6.45. The molecule has 2 heterocycles. The number of methoxy groups -OCH3 is 1. The van der Waals surface area contributed by atoms with E-state index in [4.69, 9.17) is 18.9 Å². The van der Waals surface area contributed by atoms with Crippen molar-refractivity contribution in [2.75, 3.05) is 20.3 Å². The van der Waals surface area contributed by atoms with Crippen molar-refractivity contribution in [1.29, 1.82) is 0 Å². The van der Waals surface area contributed by atoms with E-state index in [9.17, 15) is 35.4 Å². The maximum absolute atomic E-state index is 12.1. The number of aliphatic hydroxyl groups excluding tert-OH is 5. The van der Waals surface area contributed by atoms with Crippen LogP contribution in [0.1, 0.15) is 6.92 Å². The van der Waals surface area contributed by atoms with E-state index in [1.54, 1.807) is 0 Å². The van der Waals surface area contributed by atoms with Crippen molar-refractivity contribution in [3.8, 4) is 0 Å². The Kier molecular flexibility index (Phi) is 7.88. The van der Waals surface area contributed by atoms with Crippen LogP contribution in [0.15, 0.2) is 0 Å². The predicted molar refractivity (Wildman–Crippen MR) is 82.8 cm³/mol. The van der Waals surface area contributed by atoms with Crippen molar-refractivity contribution >= 4 is 5.91 Å². The summed E-state index contributed by atoms with van der Waals surface area (Å²) < 4.78 is 21.0. The number of nitrogens with one attached hydrogen (secondary N) is 1. The van der Waals surface area contributed by atoms with Gasteiger partial charge in [-0.05, 0) is 0 Å². The minimum atomic E-state index is -1.78. The van der Waals surface area contributed by atoms with Crippen LogP contribution in [0.5, 0.6) is 0 Å². The fraction of sp³-hybridized carbons (Fsp3) is 0.933. The molecule has 0 radical (unpaired) electrons. The van der Waals surface area contributed by atoms with Crippen LogP contribution in [-0.4, -0.2) is 113 Å². The lowest BCUT2D eigenvalue weighted by Gasteiger charge is -2.49. The minimum Gasteiger partial charge on any atom is -0.829 e. The summed E-state index contributed by atoms with van der Waals surface area (Å²) in [7, 11) is 1.20. The molecule has 0 saturated carbocycles. The average molecular weight is 396 g/mol. The molecule has 158 valence electrons. The third-order valence-electron chi connectivity index (χ3n) is 4.61. The fourth-order valence-corrected chi connectivity index (χ4v) is 3.19. The van der Waals surface area contributed by atoms with Gasteiger partial charge in [0, 0.05) is 20.3 Å². The molecule has 0 bridgehead atoms. The molecule has 12 nitrogen and oxygen atoms in total. The highest BCUT2D eigenvalue weighted by atomic mass is 16.7. The highest BCUT2D eigenvalue weighted by Crippen LogP contribution is 2.29. The summed E-state index contributed by atoms with van der Waals surface area (Å²) in [5.41, 5.74) is 0. The lowest BCUT2D eigenvalue weighted by atomic mass is 9.95. The van der Waals surface area contributed by atoms with Gasteiger partial charge in [-0.3, -0.25) is 4.79 Å². The summed E-state index contributed by atoms with van der Waals surface area (Å²) in [6.07, 6.45) is -12.9. The Balaban J connectivity index is 2.26. The molecule has 2 fully saturated rings. The second-order valence-corrected chi connectivity index (χ2v) is 6.45. The molecule has 10 atom stereocenters. The third kappa shape index (κ3) is 4.74. The summed E-state index contributed by atoms with van der Waals surface area (Å²) in [5.74, 6) is -0.559. The molecule has 2 saturated heterocycles. The van der Waals surface area contributed by atoms with Gasteiger partial charge in [0.25, 0.3) is 0 Å². The standard InChI is InChI=1S/C15H26NO11/c1-5(19)16-8-11(22)9(20)6(3-17)26-15(8)27-12-10(21)7(4-18)25-14(23)13(12)24-2/h6-15,17-18,20-22H,3-4H2,1-2H3,(H,16,19)/q-1/t6-,7-,8-,9-,10+,11-,12+,13-,14+,15+/m1/s1. The van der Waals surface area contributed by atoms with Crippen LogP contribution >= 0.6 is 0 Å². The monoisotopic (exact) mass is 396 g/mol. The molecule has 1 amide bonds. The van der Waals surface area contributed by atoms with Crippen molar-refractivity contribution in [3.05, 3.63) is 0 Å². The van der Waals surface area contributed by atoms with E-state index in [1.807, 2.05) is 0 Å². The molecule has 0 aromatic carbocycles. The maximum Gasteiger partial charge on any atom is 0.217 e. The lowest BCUT2D eigenvalue weighted by molar-refractivity contribution is -0.536. The van der Waals surface area contributed by atoms with Crippen LogP contribution in [0.2, 0.25) is 0 Å². The number of carbonyl (C=O) groups excluding carboxylic acids is 1. The van der Waals surface area contributed by atoms with Crippen molar-refractivity contribution in [3.63, 3.8) is 0 Å². The van der Waals surface area contributed by atoms with E-state index in [-0.39, 0.29) is 0 Å². The molecule has 12 heteroatoms. The third-order valence-corrected chi connectivity index (χ3v) is 4.61. The predicted octanol–water partition coefficient (Wildman–Crippen LogP) is -5.23. The van der Waals surface area contributed by atoms with Crippen molar-refractivity contribution < 1.29 is 54.4 Å². The van der Waals surface area contributed by atoms with Crippen LogP contribution in [0.4, 0.5) is 0 Å². The number of hydrogen-bond acceptors (Lipinski definition) is 11. The van der Waals surface area contributed by atoms with Gasteiger partial charge in [-0.2, -0.15) is 0 Å². The normalized spacial score (nSPS) is 45.5. The van der Waals surface area contributed by atoms with Gasteiger partial charge in [0.1, 0.15) is 42.7 Å². The van der Waals surface area contributed by atoms with Crippen LogP contribution in [0.25, 0.3) is 0 Å². The first-order valence-corrected chi connectivity index (χ1v) is 8.43. The van der Waals surface area contributed by atoms with Gasteiger partial charge in [0.15, 0.2) is 6.29 Å². The Morgan fingerprint density at radius 2 is 1.63 bits per heavy atom. The number of rotatable bonds is 6. The van der Waals surface area contributed by atoms with Gasteiger partial charge in [0.2, 0.25) is 5.91 Å². The summed E-state index contributed by atoms with van der Waals surface area (Å²) in [6, 6.07) is -1.26. The van der Waals surface area contributed by atoms with Crippen LogP contribution in [0.3, 0.4) is 0 Å². The number of ether oxygens (including phenoxy) is 4. The van der Waals surface area contributed by atoms with E-state index < -0.39 is 80.5 Å². The number of amides is 1. The highest BCUT2D eigenvalue weighted by Gasteiger charge is 2.49. The molecule has 2 aliphatic heterocycles. The van der Waals surface area contributed by atoms with Gasteiger partial charge < -0.3 is 54.9 Å². The van der Waals surface area contributed by atoms with Gasteiger partial charge in [-0.25, -0.2) is 0 Å². The molecule has 0 aromatic heterocycles. The van der Waals surface area contributed by atoms with E-state index in [1.165, 1.54) is 14.0 Å². The Morgan fingerprint density at radius 1 is 1.04 bits per heavy atom. The first kappa shape index (κ1) is 22.4. The SMILES string of the molecule is CO[C@@H]1[C@@H](O[C@@H]2O[C@H](CO)[C@@H](O)[C@H](O)[C@H]2NC(C)=O)[C@@H](O)[C@@H](CO)O[C@@H]1[O-]. The Hall–Kier alpha value is -0.930. The molecule has 0 aliphatic carbocycles. The number of carbonyl (C=O) groups is 1. The van der Waals surface area contributed by atoms with Crippen LogP contribution in [-0.2, 0) is 23.7 Å². The molecule has 0 spiro atoms. The van der Waals surface area contributed by atoms with Crippen LogP contribution in [0, 0.1) is 0 Å². The van der Waals surface area contributed by atoms with Crippen LogP contribution < -0.4 is 10.4 Å². The van der Waals surface area contributed by atoms with Crippen molar-refractivity contribution in [1.82, 2.24) is 5.32 Å². The lowest BCUT2D eigenvalue weighted by Crippen LogP contribution is -2.68. The maximum atomic E-state index is 12.1. The van der Waals surface area contributed by atoms with Gasteiger partial charge in [-0.1, -0.05) is 0 Å². The molecule has 0 aromatic rings. The van der Waals surface area contributed by atoms with E-state index >= 15 is 0 Å². The highest BCUT2D eigenvalue weighted by molar-refractivity contribution is 5.73. The molecule has 2 aliphatic rings. The topological polar surface area (TPSA) is 190 Å². The largest absolute Gasteiger partial charge is 0.829 e. The quantitative estimate of drug-likeness (QED) is 0.251. The summed E-state index contributed by atoms with van der Waals surface area (Å²) in [6.45, 7) is -0.138. The van der Waals surface area contributed by atoms with Gasteiger partial charge in [-0.15, -0.1) is 0 Å². The second kappa shape index (κ2) is 9.52. The Morgan fingerprint density at radius 3 is 2.15 bits per heavy atom. The van der Waals surface area contributed by atoms with Crippen molar-refractivity contribution in [2.45, 2.75) is 68.3 Å². The van der Waals surface area contributed by atoms with Gasteiger partial charge in [0.05, 0.1) is 19.3 Å². The Bertz CT molecular complexity index is 494. The summed E-state index contributed by atoms with van der Waals surface area (Å²) in [5, 5.41) is 63.7.